The molecule has 0 atom stereocenters. The molecule has 0 aromatic carbocycles. The summed E-state index contributed by atoms with van der Waals surface area (Å²) in [6.07, 6.45) is 2.72. The van der Waals surface area contributed by atoms with E-state index < -0.39 is 4.92 Å². The largest absolute Gasteiger partial charge is 0.382 e. The van der Waals surface area contributed by atoms with E-state index in [0.717, 1.165) is 0 Å². The summed E-state index contributed by atoms with van der Waals surface area (Å²) in [4.78, 5) is 13.9. The quantitative estimate of drug-likeness (QED) is 0.416. The van der Waals surface area contributed by atoms with Crippen LogP contribution < -0.4 is 5.32 Å². The molecule has 0 aliphatic heterocycles. The number of ether oxygens (including phenoxy) is 2. The lowest BCUT2D eigenvalue weighted by Crippen LogP contribution is -2.12. The minimum absolute atomic E-state index is 0.0376. The van der Waals surface area contributed by atoms with Gasteiger partial charge in [0.1, 0.15) is 11.9 Å². The van der Waals surface area contributed by atoms with E-state index in [0.29, 0.717) is 32.1 Å². The van der Waals surface area contributed by atoms with Crippen molar-refractivity contribution in [3.05, 3.63) is 28.6 Å². The van der Waals surface area contributed by atoms with Gasteiger partial charge in [-0.25, -0.2) is 0 Å². The van der Waals surface area contributed by atoms with Crippen LogP contribution in [0.25, 0.3) is 0 Å². The van der Waals surface area contributed by atoms with E-state index in [2.05, 4.69) is 10.3 Å². The second kappa shape index (κ2) is 7.53. The predicted molar refractivity (Wildman–Crippen MR) is 62.1 cm³/mol. The van der Waals surface area contributed by atoms with Crippen molar-refractivity contribution in [2.24, 2.45) is 0 Å². The number of hydrogen-bond acceptors (Lipinski definition) is 6. The second-order valence-corrected chi connectivity index (χ2v) is 3.18. The van der Waals surface area contributed by atoms with Crippen LogP contribution in [-0.4, -0.2) is 43.4 Å². The molecule has 0 bridgehead atoms. The van der Waals surface area contributed by atoms with Crippen molar-refractivity contribution in [2.75, 3.05) is 38.8 Å². The number of pyridine rings is 1. The van der Waals surface area contributed by atoms with Crippen LogP contribution in [0.4, 0.5) is 11.4 Å². The smallest absolute Gasteiger partial charge is 0.310 e. The molecule has 0 saturated carbocycles. The Bertz CT molecular complexity index is 359. The number of nitro groups is 1. The summed E-state index contributed by atoms with van der Waals surface area (Å²) in [5.41, 5.74) is 0.407. The van der Waals surface area contributed by atoms with E-state index in [1.54, 1.807) is 13.2 Å². The molecule has 0 spiro atoms. The zero-order valence-electron chi connectivity index (χ0n) is 9.59. The summed E-state index contributed by atoms with van der Waals surface area (Å²) in [5.74, 6) is 0. The van der Waals surface area contributed by atoms with Gasteiger partial charge in [0.15, 0.2) is 0 Å². The van der Waals surface area contributed by atoms with Crippen molar-refractivity contribution in [1.82, 2.24) is 4.98 Å². The van der Waals surface area contributed by atoms with E-state index in [1.165, 1.54) is 12.4 Å². The Labute approximate surface area is 98.9 Å². The number of hydrogen-bond donors (Lipinski definition) is 1. The van der Waals surface area contributed by atoms with E-state index in [-0.39, 0.29) is 5.69 Å². The number of nitrogens with one attached hydrogen (secondary N) is 1. The number of rotatable bonds is 8. The maximum absolute atomic E-state index is 10.7. The molecular formula is C10H15N3O4. The van der Waals surface area contributed by atoms with Gasteiger partial charge < -0.3 is 14.8 Å². The normalized spacial score (nSPS) is 10.2. The highest BCUT2D eigenvalue weighted by Gasteiger charge is 2.11. The lowest BCUT2D eigenvalue weighted by atomic mass is 10.3. The maximum Gasteiger partial charge on any atom is 0.310 e. The molecule has 0 unspecified atom stereocenters. The molecule has 0 fully saturated rings. The van der Waals surface area contributed by atoms with Gasteiger partial charge in [-0.2, -0.15) is 0 Å². The monoisotopic (exact) mass is 241 g/mol. The molecule has 0 aliphatic carbocycles. The Hall–Kier alpha value is -1.73. The summed E-state index contributed by atoms with van der Waals surface area (Å²) >= 11 is 0. The minimum atomic E-state index is -0.471. The van der Waals surface area contributed by atoms with Crippen molar-refractivity contribution < 1.29 is 14.4 Å². The fraction of sp³-hybridized carbons (Fsp3) is 0.500. The van der Waals surface area contributed by atoms with Crippen molar-refractivity contribution in [2.45, 2.75) is 0 Å². The Morgan fingerprint density at radius 3 is 3.00 bits per heavy atom. The molecule has 0 aliphatic rings. The molecule has 1 aromatic rings. The summed E-state index contributed by atoms with van der Waals surface area (Å²) in [5, 5.41) is 13.6. The first-order valence-corrected chi connectivity index (χ1v) is 5.14. The molecule has 7 heteroatoms. The predicted octanol–water partition coefficient (Wildman–Crippen LogP) is 1.06. The molecule has 1 heterocycles. The van der Waals surface area contributed by atoms with Gasteiger partial charge in [0, 0.05) is 19.9 Å². The summed E-state index contributed by atoms with van der Waals surface area (Å²) in [6, 6.07) is 1.56. The number of methoxy groups -OCH3 is 1. The first-order valence-electron chi connectivity index (χ1n) is 5.14. The van der Waals surface area contributed by atoms with Gasteiger partial charge in [-0.3, -0.25) is 15.1 Å². The van der Waals surface area contributed by atoms with Crippen LogP contribution in [0.15, 0.2) is 18.5 Å². The lowest BCUT2D eigenvalue weighted by Gasteiger charge is -2.07. The van der Waals surface area contributed by atoms with Crippen LogP contribution in [0.3, 0.4) is 0 Å². The lowest BCUT2D eigenvalue weighted by molar-refractivity contribution is -0.384. The Morgan fingerprint density at radius 2 is 2.29 bits per heavy atom. The van der Waals surface area contributed by atoms with Gasteiger partial charge in [-0.15, -0.1) is 0 Å². The number of aromatic nitrogens is 1. The molecule has 1 aromatic heterocycles. The van der Waals surface area contributed by atoms with Gasteiger partial charge in [-0.05, 0) is 6.07 Å². The number of nitrogens with zero attached hydrogens (tertiary/aromatic N) is 2. The van der Waals surface area contributed by atoms with E-state index in [1.807, 2.05) is 0 Å². The average molecular weight is 241 g/mol. The topological polar surface area (TPSA) is 86.5 Å². The zero-order valence-corrected chi connectivity index (χ0v) is 9.59. The van der Waals surface area contributed by atoms with Crippen molar-refractivity contribution in [1.29, 1.82) is 0 Å². The third-order valence-electron chi connectivity index (χ3n) is 1.99. The first-order chi connectivity index (χ1) is 8.25. The zero-order chi connectivity index (χ0) is 12.5. The Kier molecular flexibility index (Phi) is 5.91. The first kappa shape index (κ1) is 13.3. The van der Waals surface area contributed by atoms with Gasteiger partial charge >= 0.3 is 5.69 Å². The van der Waals surface area contributed by atoms with Crippen molar-refractivity contribution in [3.63, 3.8) is 0 Å². The fourth-order valence-corrected chi connectivity index (χ4v) is 1.18. The van der Waals surface area contributed by atoms with Crippen molar-refractivity contribution >= 4 is 11.4 Å². The molecule has 1 rings (SSSR count). The number of anilines is 1. The summed E-state index contributed by atoms with van der Waals surface area (Å²) in [7, 11) is 1.60. The Morgan fingerprint density at radius 1 is 1.47 bits per heavy atom. The van der Waals surface area contributed by atoms with E-state index in [4.69, 9.17) is 9.47 Å². The van der Waals surface area contributed by atoms with Crippen molar-refractivity contribution in [3.8, 4) is 0 Å². The maximum atomic E-state index is 10.7. The van der Waals surface area contributed by atoms with Gasteiger partial charge in [0.2, 0.25) is 0 Å². The standard InChI is InChI=1S/C10H15N3O4/c1-16-6-7-17-5-4-12-9-2-3-11-8-10(9)13(14)15/h2-3,8H,4-7H2,1H3,(H,11,12). The SMILES string of the molecule is COCCOCCNc1ccncc1[N+](=O)[O-]. The molecule has 17 heavy (non-hydrogen) atoms. The third kappa shape index (κ3) is 4.75. The van der Waals surface area contributed by atoms with Crippen LogP contribution in [-0.2, 0) is 9.47 Å². The average Bonchev–Trinajstić information content (AvgIpc) is 2.34. The second-order valence-electron chi connectivity index (χ2n) is 3.18. The molecule has 0 saturated heterocycles. The van der Waals surface area contributed by atoms with Gasteiger partial charge in [0.25, 0.3) is 0 Å². The third-order valence-corrected chi connectivity index (χ3v) is 1.99. The summed E-state index contributed by atoms with van der Waals surface area (Å²) < 4.78 is 10.0. The van der Waals surface area contributed by atoms with Gasteiger partial charge in [0.05, 0.1) is 24.7 Å². The molecular weight excluding hydrogens is 226 g/mol. The highest BCUT2D eigenvalue weighted by molar-refractivity contribution is 5.59. The van der Waals surface area contributed by atoms with Crippen LogP contribution in [0.5, 0.6) is 0 Å². The summed E-state index contributed by atoms with van der Waals surface area (Å²) in [6.45, 7) is 2.00. The molecule has 0 amide bonds. The van der Waals surface area contributed by atoms with E-state index in [9.17, 15) is 10.1 Å². The van der Waals surface area contributed by atoms with E-state index >= 15 is 0 Å². The van der Waals surface area contributed by atoms with Crippen LogP contribution in [0.2, 0.25) is 0 Å². The minimum Gasteiger partial charge on any atom is -0.382 e. The van der Waals surface area contributed by atoms with Crippen LogP contribution >= 0.6 is 0 Å². The highest BCUT2D eigenvalue weighted by Crippen LogP contribution is 2.21. The molecule has 7 nitrogen and oxygen atoms in total. The highest BCUT2D eigenvalue weighted by atomic mass is 16.6. The molecule has 94 valence electrons. The van der Waals surface area contributed by atoms with Crippen LogP contribution in [0, 0.1) is 10.1 Å². The fourth-order valence-electron chi connectivity index (χ4n) is 1.18. The van der Waals surface area contributed by atoms with Crippen LogP contribution in [0.1, 0.15) is 0 Å². The van der Waals surface area contributed by atoms with Gasteiger partial charge in [-0.1, -0.05) is 0 Å². The Balaban J connectivity index is 2.34. The molecule has 1 N–H and O–H groups in total. The molecule has 0 radical (unpaired) electrons.